The zero-order valence-electron chi connectivity index (χ0n) is 14.1. The summed E-state index contributed by atoms with van der Waals surface area (Å²) < 4.78 is 35.1. The predicted octanol–water partition coefficient (Wildman–Crippen LogP) is 0.815. The van der Waals surface area contributed by atoms with E-state index in [4.69, 9.17) is 4.74 Å². The molecule has 7 heteroatoms. The Morgan fingerprint density at radius 2 is 1.82 bits per heavy atom. The second-order valence-corrected chi connectivity index (χ2v) is 9.03. The van der Waals surface area contributed by atoms with Gasteiger partial charge in [0.15, 0.2) is 0 Å². The van der Waals surface area contributed by atoms with Gasteiger partial charge in [0.1, 0.15) is 0 Å². The fourth-order valence-electron chi connectivity index (χ4n) is 3.77. The molecule has 2 aliphatic heterocycles. The average Bonchev–Trinajstić information content (AvgIpc) is 2.46. The van der Waals surface area contributed by atoms with Crippen LogP contribution in [0.2, 0.25) is 0 Å². The summed E-state index contributed by atoms with van der Waals surface area (Å²) in [4.78, 5) is 0. The molecular weight excluding hydrogens is 302 g/mol. The molecule has 0 radical (unpaired) electrons. The Hall–Kier alpha value is -0.210. The van der Waals surface area contributed by atoms with E-state index >= 15 is 0 Å². The molecule has 2 atom stereocenters. The van der Waals surface area contributed by atoms with E-state index in [1.807, 2.05) is 0 Å². The van der Waals surface area contributed by atoms with Crippen molar-refractivity contribution < 1.29 is 13.2 Å². The van der Waals surface area contributed by atoms with Crippen LogP contribution in [-0.4, -0.2) is 59.2 Å². The van der Waals surface area contributed by atoms with E-state index in [2.05, 4.69) is 23.9 Å². The van der Waals surface area contributed by atoms with Gasteiger partial charge in [0.2, 0.25) is 0 Å². The van der Waals surface area contributed by atoms with E-state index in [-0.39, 0.29) is 5.41 Å². The highest BCUT2D eigenvalue weighted by Gasteiger charge is 2.36. The summed E-state index contributed by atoms with van der Waals surface area (Å²) in [6.45, 7) is 8.39. The molecule has 0 spiro atoms. The molecule has 0 aromatic heterocycles. The number of nitrogens with one attached hydrogen (secondary N) is 2. The normalized spacial score (nSPS) is 30.3. The molecule has 0 aliphatic carbocycles. The molecular formula is C15H31N3O3S. The zero-order chi connectivity index (χ0) is 16.2. The minimum Gasteiger partial charge on any atom is -0.384 e. The number of methoxy groups -OCH3 is 1. The van der Waals surface area contributed by atoms with Crippen LogP contribution >= 0.6 is 0 Å². The van der Waals surface area contributed by atoms with Crippen molar-refractivity contribution in [2.24, 2.45) is 17.3 Å². The summed E-state index contributed by atoms with van der Waals surface area (Å²) in [5.74, 6) is 0.847. The maximum atomic E-state index is 12.6. The summed E-state index contributed by atoms with van der Waals surface area (Å²) in [6, 6.07) is 0. The SMILES string of the molecule is COCC1(CNS(=O)(=O)N2CC(C)CC(C)C2)CCNCC1. The van der Waals surface area contributed by atoms with Gasteiger partial charge in [-0.15, -0.1) is 0 Å². The summed E-state index contributed by atoms with van der Waals surface area (Å²) >= 11 is 0. The van der Waals surface area contributed by atoms with E-state index in [0.29, 0.717) is 38.1 Å². The minimum atomic E-state index is -3.40. The van der Waals surface area contributed by atoms with E-state index in [0.717, 1.165) is 32.4 Å². The summed E-state index contributed by atoms with van der Waals surface area (Å²) in [5, 5.41) is 3.33. The highest BCUT2D eigenvalue weighted by molar-refractivity contribution is 7.87. The number of rotatable bonds is 6. The van der Waals surface area contributed by atoms with Crippen LogP contribution < -0.4 is 10.0 Å². The highest BCUT2D eigenvalue weighted by atomic mass is 32.2. The van der Waals surface area contributed by atoms with Gasteiger partial charge in [0.05, 0.1) is 6.61 Å². The maximum Gasteiger partial charge on any atom is 0.279 e. The molecule has 2 aliphatic rings. The first kappa shape index (κ1) is 18.1. The Morgan fingerprint density at radius 1 is 1.23 bits per heavy atom. The second kappa shape index (κ2) is 7.57. The van der Waals surface area contributed by atoms with Crippen LogP contribution in [-0.2, 0) is 14.9 Å². The molecule has 0 aromatic carbocycles. The molecule has 0 bridgehead atoms. The number of nitrogens with zero attached hydrogens (tertiary/aromatic N) is 1. The first-order chi connectivity index (χ1) is 10.4. The van der Waals surface area contributed by atoms with Gasteiger partial charge >= 0.3 is 0 Å². The maximum absolute atomic E-state index is 12.6. The molecule has 0 aromatic rings. The van der Waals surface area contributed by atoms with Crippen LogP contribution in [0.5, 0.6) is 0 Å². The molecule has 0 saturated carbocycles. The molecule has 2 heterocycles. The van der Waals surface area contributed by atoms with Crippen molar-refractivity contribution in [2.75, 3.05) is 46.4 Å². The Labute approximate surface area is 135 Å². The van der Waals surface area contributed by atoms with Gasteiger partial charge < -0.3 is 10.1 Å². The van der Waals surface area contributed by atoms with Crippen LogP contribution in [0.15, 0.2) is 0 Å². The van der Waals surface area contributed by atoms with Crippen LogP contribution in [0.25, 0.3) is 0 Å². The number of piperidine rings is 2. The lowest BCUT2D eigenvalue weighted by molar-refractivity contribution is 0.0572. The Kier molecular flexibility index (Phi) is 6.24. The third kappa shape index (κ3) is 4.64. The van der Waals surface area contributed by atoms with Crippen molar-refractivity contribution >= 4 is 10.2 Å². The largest absolute Gasteiger partial charge is 0.384 e. The zero-order valence-corrected chi connectivity index (χ0v) is 14.9. The lowest BCUT2D eigenvalue weighted by Gasteiger charge is -2.39. The predicted molar refractivity (Wildman–Crippen MR) is 87.9 cm³/mol. The van der Waals surface area contributed by atoms with Gasteiger partial charge in [0, 0.05) is 32.2 Å². The summed E-state index contributed by atoms with van der Waals surface area (Å²) in [7, 11) is -1.71. The molecule has 6 nitrogen and oxygen atoms in total. The molecule has 2 rings (SSSR count). The average molecular weight is 333 g/mol. The lowest BCUT2D eigenvalue weighted by atomic mass is 9.80. The number of hydrogen-bond donors (Lipinski definition) is 2. The highest BCUT2D eigenvalue weighted by Crippen LogP contribution is 2.29. The fraction of sp³-hybridized carbons (Fsp3) is 1.00. The molecule has 2 saturated heterocycles. The van der Waals surface area contributed by atoms with Crippen LogP contribution in [0.4, 0.5) is 0 Å². The van der Waals surface area contributed by atoms with Crippen LogP contribution in [0, 0.1) is 17.3 Å². The van der Waals surface area contributed by atoms with Gasteiger partial charge in [-0.3, -0.25) is 0 Å². The van der Waals surface area contributed by atoms with Gasteiger partial charge in [-0.25, -0.2) is 4.72 Å². The molecule has 0 amide bonds. The van der Waals surface area contributed by atoms with Crippen molar-refractivity contribution in [3.05, 3.63) is 0 Å². The van der Waals surface area contributed by atoms with Crippen molar-refractivity contribution in [3.63, 3.8) is 0 Å². The van der Waals surface area contributed by atoms with E-state index in [9.17, 15) is 8.42 Å². The van der Waals surface area contributed by atoms with Gasteiger partial charge in [-0.05, 0) is 44.2 Å². The standard InChI is InChI=1S/C15H31N3O3S/c1-13-8-14(2)10-18(9-13)22(19,20)17-11-15(12-21-3)4-6-16-7-5-15/h13-14,16-17H,4-12H2,1-3H3. The Morgan fingerprint density at radius 3 is 2.36 bits per heavy atom. The minimum absolute atomic E-state index is 0.0832. The smallest absolute Gasteiger partial charge is 0.279 e. The molecule has 130 valence electrons. The molecule has 2 fully saturated rings. The fourth-order valence-corrected chi connectivity index (χ4v) is 5.35. The van der Waals surface area contributed by atoms with E-state index in [1.54, 1.807) is 11.4 Å². The molecule has 2 unspecified atom stereocenters. The lowest BCUT2D eigenvalue weighted by Crippen LogP contribution is -2.52. The van der Waals surface area contributed by atoms with Crippen molar-refractivity contribution in [1.29, 1.82) is 0 Å². The summed E-state index contributed by atoms with van der Waals surface area (Å²) in [5.41, 5.74) is -0.0832. The molecule has 22 heavy (non-hydrogen) atoms. The van der Waals surface area contributed by atoms with Gasteiger partial charge in [0.25, 0.3) is 10.2 Å². The molecule has 2 N–H and O–H groups in total. The second-order valence-electron chi connectivity index (χ2n) is 7.27. The Balaban J connectivity index is 1.98. The third-order valence-corrected chi connectivity index (χ3v) is 6.41. The summed E-state index contributed by atoms with van der Waals surface area (Å²) in [6.07, 6.45) is 2.98. The van der Waals surface area contributed by atoms with E-state index < -0.39 is 10.2 Å². The third-order valence-electron chi connectivity index (χ3n) is 4.92. The Bertz CT molecular complexity index is 433. The first-order valence-electron chi connectivity index (χ1n) is 8.31. The first-order valence-corrected chi connectivity index (χ1v) is 9.75. The van der Waals surface area contributed by atoms with Crippen molar-refractivity contribution in [2.45, 2.75) is 33.1 Å². The monoisotopic (exact) mass is 333 g/mol. The van der Waals surface area contributed by atoms with Gasteiger partial charge in [-0.1, -0.05) is 13.8 Å². The van der Waals surface area contributed by atoms with Gasteiger partial charge in [-0.2, -0.15) is 12.7 Å². The van der Waals surface area contributed by atoms with Crippen molar-refractivity contribution in [3.8, 4) is 0 Å². The van der Waals surface area contributed by atoms with Crippen molar-refractivity contribution in [1.82, 2.24) is 14.3 Å². The van der Waals surface area contributed by atoms with Crippen LogP contribution in [0.1, 0.15) is 33.1 Å². The van der Waals surface area contributed by atoms with E-state index in [1.165, 1.54) is 0 Å². The number of ether oxygens (including phenoxy) is 1. The number of hydrogen-bond acceptors (Lipinski definition) is 4. The topological polar surface area (TPSA) is 70.7 Å². The quantitative estimate of drug-likeness (QED) is 0.755. The van der Waals surface area contributed by atoms with Crippen LogP contribution in [0.3, 0.4) is 0 Å².